The second kappa shape index (κ2) is 9.06. The summed E-state index contributed by atoms with van der Waals surface area (Å²) in [5.41, 5.74) is -0.0872. The van der Waals surface area contributed by atoms with Crippen LogP contribution in [-0.2, 0) is 21.0 Å². The Bertz CT molecular complexity index is 939. The van der Waals surface area contributed by atoms with Crippen molar-refractivity contribution in [1.82, 2.24) is 10.2 Å². The summed E-state index contributed by atoms with van der Waals surface area (Å²) in [5.74, 6) is 0.279. The van der Waals surface area contributed by atoms with Crippen LogP contribution in [0.3, 0.4) is 0 Å². The van der Waals surface area contributed by atoms with Crippen LogP contribution in [0.25, 0.3) is 0 Å². The molecule has 1 spiro atoms. The summed E-state index contributed by atoms with van der Waals surface area (Å²) in [5, 5.41) is 9.45. The zero-order valence-corrected chi connectivity index (χ0v) is 17.9. The van der Waals surface area contributed by atoms with Gasteiger partial charge in [-0.1, -0.05) is 28.9 Å². The van der Waals surface area contributed by atoms with Crippen molar-refractivity contribution in [2.75, 3.05) is 19.7 Å². The van der Waals surface area contributed by atoms with Gasteiger partial charge in [-0.15, -0.1) is 11.3 Å². The topological polar surface area (TPSA) is 80.2 Å². The Morgan fingerprint density at radius 3 is 2.83 bits per heavy atom. The van der Waals surface area contributed by atoms with Crippen molar-refractivity contribution in [3.63, 3.8) is 0 Å². The van der Waals surface area contributed by atoms with E-state index in [-0.39, 0.29) is 18.4 Å². The molecule has 1 N–H and O–H groups in total. The number of hydrogen-bond donors (Lipinski definition) is 1. The minimum absolute atomic E-state index is 0.0406. The second-order valence-electron chi connectivity index (χ2n) is 7.38. The maximum atomic E-state index is 12.5. The first kappa shape index (κ1) is 20.7. The van der Waals surface area contributed by atoms with Crippen LogP contribution in [0.15, 0.2) is 46.9 Å². The summed E-state index contributed by atoms with van der Waals surface area (Å²) in [6.07, 6.45) is 1.71. The van der Waals surface area contributed by atoms with Gasteiger partial charge in [-0.05, 0) is 29.6 Å². The van der Waals surface area contributed by atoms with Crippen LogP contribution in [0.1, 0.15) is 24.1 Å². The molecule has 2 aromatic rings. The van der Waals surface area contributed by atoms with Crippen LogP contribution in [-0.4, -0.2) is 47.7 Å². The predicted molar refractivity (Wildman–Crippen MR) is 115 cm³/mol. The van der Waals surface area contributed by atoms with Gasteiger partial charge in [0.2, 0.25) is 0 Å². The smallest absolute Gasteiger partial charge is 0.269 e. The van der Waals surface area contributed by atoms with Crippen molar-refractivity contribution in [2.45, 2.75) is 31.4 Å². The largest absolute Gasteiger partial charge is 0.484 e. The third kappa shape index (κ3) is 4.94. The van der Waals surface area contributed by atoms with Crippen LogP contribution in [0.2, 0.25) is 5.02 Å². The average Bonchev–Trinajstić information content (AvgIpc) is 3.41. The van der Waals surface area contributed by atoms with Gasteiger partial charge in [0.05, 0.1) is 6.54 Å². The molecule has 1 fully saturated rings. The van der Waals surface area contributed by atoms with Gasteiger partial charge in [-0.3, -0.25) is 9.59 Å². The molecule has 0 atom stereocenters. The third-order valence-electron chi connectivity index (χ3n) is 5.29. The van der Waals surface area contributed by atoms with E-state index in [0.717, 1.165) is 4.88 Å². The number of nitrogens with zero attached hydrogens (tertiary/aromatic N) is 2. The van der Waals surface area contributed by atoms with Gasteiger partial charge in [0.25, 0.3) is 11.8 Å². The number of thiophene rings is 1. The molecule has 2 amide bonds. The molecular weight excluding hydrogens is 426 g/mol. The van der Waals surface area contributed by atoms with Gasteiger partial charge < -0.3 is 19.8 Å². The molecule has 1 aromatic heterocycles. The maximum Gasteiger partial charge on any atom is 0.269 e. The number of carbonyl (C=O) groups is 2. The molecule has 0 saturated carbocycles. The Labute approximate surface area is 183 Å². The summed E-state index contributed by atoms with van der Waals surface area (Å²) in [4.78, 5) is 33.4. The van der Waals surface area contributed by atoms with E-state index in [4.69, 9.17) is 21.2 Å². The van der Waals surface area contributed by atoms with Crippen molar-refractivity contribution in [3.8, 4) is 5.75 Å². The SMILES string of the molecule is O=C(NCc1cccs1)C1=NOC2(CCN(C(=O)COc3cccc(Cl)c3)CC2)C1. The number of rotatable bonds is 6. The first-order valence-corrected chi connectivity index (χ1v) is 11.0. The maximum absolute atomic E-state index is 12.5. The molecule has 2 aliphatic heterocycles. The number of benzene rings is 1. The van der Waals surface area contributed by atoms with E-state index in [9.17, 15) is 9.59 Å². The Hall–Kier alpha value is -2.58. The fraction of sp³-hybridized carbons (Fsp3) is 0.381. The first-order valence-electron chi connectivity index (χ1n) is 9.75. The highest BCUT2D eigenvalue weighted by molar-refractivity contribution is 7.09. The number of piperidine rings is 1. The number of oxime groups is 1. The molecule has 9 heteroatoms. The second-order valence-corrected chi connectivity index (χ2v) is 8.85. The van der Waals surface area contributed by atoms with E-state index in [2.05, 4.69) is 10.5 Å². The van der Waals surface area contributed by atoms with Crippen molar-refractivity contribution in [1.29, 1.82) is 0 Å². The summed E-state index contributed by atoms with van der Waals surface area (Å²) in [6.45, 7) is 1.52. The quantitative estimate of drug-likeness (QED) is 0.737. The summed E-state index contributed by atoms with van der Waals surface area (Å²) >= 11 is 7.52. The zero-order valence-electron chi connectivity index (χ0n) is 16.3. The molecule has 0 bridgehead atoms. The number of likely N-dealkylation sites (tertiary alicyclic amines) is 1. The van der Waals surface area contributed by atoms with E-state index in [1.165, 1.54) is 0 Å². The minimum Gasteiger partial charge on any atom is -0.484 e. The highest BCUT2D eigenvalue weighted by Crippen LogP contribution is 2.34. The fourth-order valence-electron chi connectivity index (χ4n) is 3.55. The molecular formula is C21H22ClN3O4S. The molecule has 0 unspecified atom stereocenters. The normalized spacial score (nSPS) is 17.4. The Morgan fingerprint density at radius 1 is 1.27 bits per heavy atom. The Morgan fingerprint density at radius 2 is 2.10 bits per heavy atom. The lowest BCUT2D eigenvalue weighted by Crippen LogP contribution is -2.48. The standard InChI is InChI=1S/C21H22ClN3O4S/c22-15-3-1-4-16(11-15)28-14-19(26)25-8-6-21(7-9-25)12-18(24-29-21)20(27)23-13-17-5-2-10-30-17/h1-5,10-11H,6-9,12-14H2,(H,23,27). The molecule has 3 heterocycles. The molecule has 0 radical (unpaired) electrons. The summed E-state index contributed by atoms with van der Waals surface area (Å²) < 4.78 is 5.54. The molecule has 1 saturated heterocycles. The van der Waals surface area contributed by atoms with Crippen LogP contribution in [0.4, 0.5) is 0 Å². The van der Waals surface area contributed by atoms with Crippen LogP contribution < -0.4 is 10.1 Å². The minimum atomic E-state index is -0.500. The number of nitrogens with one attached hydrogen (secondary N) is 1. The fourth-order valence-corrected chi connectivity index (χ4v) is 4.38. The Kier molecular flexibility index (Phi) is 6.24. The van der Waals surface area contributed by atoms with E-state index >= 15 is 0 Å². The van der Waals surface area contributed by atoms with Crippen molar-refractivity contribution < 1.29 is 19.2 Å². The van der Waals surface area contributed by atoms with Gasteiger partial charge in [0.1, 0.15) is 17.1 Å². The lowest BCUT2D eigenvalue weighted by molar-refractivity contribution is -0.139. The predicted octanol–water partition coefficient (Wildman–Crippen LogP) is 3.23. The van der Waals surface area contributed by atoms with Crippen LogP contribution in [0.5, 0.6) is 5.75 Å². The van der Waals surface area contributed by atoms with Gasteiger partial charge >= 0.3 is 0 Å². The lowest BCUT2D eigenvalue weighted by Gasteiger charge is -2.37. The highest BCUT2D eigenvalue weighted by atomic mass is 35.5. The van der Waals surface area contributed by atoms with Gasteiger partial charge in [0.15, 0.2) is 6.61 Å². The van der Waals surface area contributed by atoms with E-state index in [0.29, 0.717) is 55.4 Å². The van der Waals surface area contributed by atoms with Crippen LogP contribution >= 0.6 is 22.9 Å². The van der Waals surface area contributed by atoms with Gasteiger partial charge in [-0.2, -0.15) is 0 Å². The summed E-state index contributed by atoms with van der Waals surface area (Å²) in [7, 11) is 0. The monoisotopic (exact) mass is 447 g/mol. The number of carbonyl (C=O) groups excluding carboxylic acids is 2. The first-order chi connectivity index (χ1) is 14.5. The van der Waals surface area contributed by atoms with Crippen molar-refractivity contribution in [2.24, 2.45) is 5.16 Å². The number of hydrogen-bond acceptors (Lipinski definition) is 6. The van der Waals surface area contributed by atoms with Crippen molar-refractivity contribution in [3.05, 3.63) is 51.7 Å². The van der Waals surface area contributed by atoms with Crippen LogP contribution in [0, 0.1) is 0 Å². The molecule has 0 aliphatic carbocycles. The molecule has 4 rings (SSSR count). The van der Waals surface area contributed by atoms with E-state index < -0.39 is 5.60 Å². The average molecular weight is 448 g/mol. The van der Waals surface area contributed by atoms with Gasteiger partial charge in [0, 0.05) is 42.3 Å². The number of ether oxygens (including phenoxy) is 1. The molecule has 158 valence electrons. The lowest BCUT2D eigenvalue weighted by atomic mass is 9.86. The zero-order chi connectivity index (χ0) is 21.0. The molecule has 2 aliphatic rings. The number of halogens is 1. The van der Waals surface area contributed by atoms with E-state index in [1.807, 2.05) is 17.5 Å². The molecule has 1 aromatic carbocycles. The molecule has 7 nitrogen and oxygen atoms in total. The van der Waals surface area contributed by atoms with Crippen molar-refractivity contribution >= 4 is 40.5 Å². The van der Waals surface area contributed by atoms with E-state index in [1.54, 1.807) is 40.5 Å². The third-order valence-corrected chi connectivity index (χ3v) is 6.40. The Balaban J connectivity index is 1.22. The summed E-state index contributed by atoms with van der Waals surface area (Å²) in [6, 6.07) is 10.9. The molecule has 30 heavy (non-hydrogen) atoms. The highest BCUT2D eigenvalue weighted by Gasteiger charge is 2.44. The van der Waals surface area contributed by atoms with Gasteiger partial charge in [-0.25, -0.2) is 0 Å². The number of amides is 2.